The summed E-state index contributed by atoms with van der Waals surface area (Å²) in [4.78, 5) is 26.9. The first kappa shape index (κ1) is 29.8. The van der Waals surface area contributed by atoms with Gasteiger partial charge in [-0.2, -0.15) is 5.10 Å². The molecule has 0 radical (unpaired) electrons. The van der Waals surface area contributed by atoms with Crippen LogP contribution in [0.3, 0.4) is 0 Å². The number of sulfonamides is 1. The average molecular weight is 579 g/mol. The van der Waals surface area contributed by atoms with Gasteiger partial charge < -0.3 is 14.4 Å². The van der Waals surface area contributed by atoms with Gasteiger partial charge in [-0.1, -0.05) is 23.8 Å². The Hall–Kier alpha value is -4.22. The summed E-state index contributed by atoms with van der Waals surface area (Å²) in [5.41, 5.74) is 6.32. The highest BCUT2D eigenvalue weighted by Gasteiger charge is 2.27. The number of hydrogen-bond donors (Lipinski definition) is 1. The summed E-state index contributed by atoms with van der Waals surface area (Å²) in [6.07, 6.45) is 1.44. The Morgan fingerprint density at radius 1 is 0.976 bits per heavy atom. The Morgan fingerprint density at radius 2 is 1.66 bits per heavy atom. The van der Waals surface area contributed by atoms with Crippen LogP contribution in [0.2, 0.25) is 0 Å². The van der Waals surface area contributed by atoms with Crippen molar-refractivity contribution in [1.29, 1.82) is 0 Å². The van der Waals surface area contributed by atoms with E-state index < -0.39 is 22.5 Å². The van der Waals surface area contributed by atoms with Crippen molar-refractivity contribution in [3.8, 4) is 5.75 Å². The van der Waals surface area contributed by atoms with E-state index in [0.29, 0.717) is 43.3 Å². The lowest BCUT2D eigenvalue weighted by Crippen LogP contribution is -2.42. The van der Waals surface area contributed by atoms with E-state index in [2.05, 4.69) is 10.5 Å². The molecular formula is C30H34N4O6S. The third kappa shape index (κ3) is 7.92. The van der Waals surface area contributed by atoms with Crippen LogP contribution in [0.5, 0.6) is 5.75 Å². The number of carbonyl (C=O) groups excluding carboxylic acids is 2. The first-order valence-corrected chi connectivity index (χ1v) is 14.6. The maximum Gasteiger partial charge on any atom is 0.264 e. The van der Waals surface area contributed by atoms with Gasteiger partial charge in [-0.25, -0.2) is 13.8 Å². The van der Waals surface area contributed by atoms with Crippen LogP contribution in [0.15, 0.2) is 76.7 Å². The molecule has 2 amide bonds. The molecule has 1 fully saturated rings. The minimum atomic E-state index is -4.02. The maximum absolute atomic E-state index is 13.6. The minimum Gasteiger partial charge on any atom is -0.484 e. The minimum absolute atomic E-state index is 0.0635. The van der Waals surface area contributed by atoms with Gasteiger partial charge in [0.05, 0.1) is 30.0 Å². The summed E-state index contributed by atoms with van der Waals surface area (Å²) < 4.78 is 39.0. The van der Waals surface area contributed by atoms with Crippen LogP contribution < -0.4 is 14.5 Å². The first-order valence-electron chi connectivity index (χ1n) is 13.2. The average Bonchev–Trinajstić information content (AvgIpc) is 2.97. The highest BCUT2D eigenvalue weighted by atomic mass is 32.2. The second-order valence-corrected chi connectivity index (χ2v) is 11.6. The zero-order valence-electron chi connectivity index (χ0n) is 23.4. The number of nitrogens with zero attached hydrogens (tertiary/aromatic N) is 3. The van der Waals surface area contributed by atoms with E-state index in [1.165, 1.54) is 18.3 Å². The Kier molecular flexibility index (Phi) is 9.74. The Balaban J connectivity index is 1.38. The molecule has 4 rings (SSSR count). The molecule has 3 aromatic carbocycles. The molecule has 0 saturated carbocycles. The Bertz CT molecular complexity index is 1500. The predicted molar refractivity (Wildman–Crippen MR) is 157 cm³/mol. The lowest BCUT2D eigenvalue weighted by atomic mass is 10.1. The van der Waals surface area contributed by atoms with Crippen LogP contribution in [0.4, 0.5) is 5.69 Å². The highest BCUT2D eigenvalue weighted by molar-refractivity contribution is 7.92. The zero-order chi connectivity index (χ0) is 29.4. The van der Waals surface area contributed by atoms with Gasteiger partial charge in [0, 0.05) is 13.1 Å². The number of ether oxygens (including phenoxy) is 2. The number of morpholine rings is 1. The van der Waals surface area contributed by atoms with Crippen LogP contribution in [-0.2, 0) is 24.3 Å². The molecule has 1 aliphatic heterocycles. The second kappa shape index (κ2) is 13.4. The number of nitrogens with one attached hydrogen (secondary N) is 1. The van der Waals surface area contributed by atoms with Crippen molar-refractivity contribution >= 4 is 33.7 Å². The van der Waals surface area contributed by atoms with E-state index in [1.807, 2.05) is 26.8 Å². The number of amides is 2. The largest absolute Gasteiger partial charge is 0.484 e. The van der Waals surface area contributed by atoms with Gasteiger partial charge in [0.15, 0.2) is 6.61 Å². The number of hydrazone groups is 1. The maximum atomic E-state index is 13.6. The van der Waals surface area contributed by atoms with Crippen LogP contribution in [0, 0.1) is 20.8 Å². The summed E-state index contributed by atoms with van der Waals surface area (Å²) >= 11 is 0. The topological polar surface area (TPSA) is 118 Å². The summed E-state index contributed by atoms with van der Waals surface area (Å²) in [5, 5.41) is 3.99. The Labute approximate surface area is 240 Å². The Morgan fingerprint density at radius 3 is 2.32 bits per heavy atom. The number of hydrogen-bond acceptors (Lipinski definition) is 7. The molecule has 1 aliphatic rings. The second-order valence-electron chi connectivity index (χ2n) is 9.74. The molecule has 0 aliphatic carbocycles. The van der Waals surface area contributed by atoms with Crippen LogP contribution in [0.1, 0.15) is 22.3 Å². The van der Waals surface area contributed by atoms with Crippen molar-refractivity contribution in [3.63, 3.8) is 0 Å². The van der Waals surface area contributed by atoms with Crippen molar-refractivity contribution in [2.75, 3.05) is 43.8 Å². The van der Waals surface area contributed by atoms with Crippen molar-refractivity contribution in [3.05, 3.63) is 89.0 Å². The predicted octanol–water partition coefficient (Wildman–Crippen LogP) is 3.20. The molecule has 0 aromatic heterocycles. The molecule has 11 heteroatoms. The molecule has 0 spiro atoms. The molecule has 0 unspecified atom stereocenters. The fraction of sp³-hybridized carbons (Fsp3) is 0.300. The van der Waals surface area contributed by atoms with Gasteiger partial charge in [-0.15, -0.1) is 0 Å². The van der Waals surface area contributed by atoms with E-state index in [-0.39, 0.29) is 17.4 Å². The fourth-order valence-corrected chi connectivity index (χ4v) is 5.49. The molecule has 3 aromatic rings. The first-order chi connectivity index (χ1) is 19.6. The summed E-state index contributed by atoms with van der Waals surface area (Å²) in [5.74, 6) is -0.171. The molecule has 1 saturated heterocycles. The standard InChI is InChI=1S/C30H34N4O6S/c1-22-4-12-28(13-5-22)41(37,38)34(26-9-6-23(2)24(3)18-26)20-29(35)32-31-19-25-7-10-27(11-8-25)40-21-30(36)33-14-16-39-17-15-33/h4-13,18-19H,14-17,20-21H2,1-3H3,(H,32,35)/b31-19-. The fourth-order valence-electron chi connectivity index (χ4n) is 4.08. The summed E-state index contributed by atoms with van der Waals surface area (Å²) in [6.45, 7) is 7.35. The lowest BCUT2D eigenvalue weighted by molar-refractivity contribution is -0.137. The molecule has 41 heavy (non-hydrogen) atoms. The van der Waals surface area contributed by atoms with E-state index in [1.54, 1.807) is 53.4 Å². The van der Waals surface area contributed by atoms with Crippen LogP contribution in [0.25, 0.3) is 0 Å². The third-order valence-corrected chi connectivity index (χ3v) is 8.47. The van der Waals surface area contributed by atoms with Crippen molar-refractivity contribution in [2.24, 2.45) is 5.10 Å². The summed E-state index contributed by atoms with van der Waals surface area (Å²) in [6, 6.07) is 18.6. The zero-order valence-corrected chi connectivity index (χ0v) is 24.2. The van der Waals surface area contributed by atoms with Crippen molar-refractivity contribution in [1.82, 2.24) is 10.3 Å². The van der Waals surface area contributed by atoms with E-state index >= 15 is 0 Å². The number of rotatable bonds is 10. The summed E-state index contributed by atoms with van der Waals surface area (Å²) in [7, 11) is -4.02. The molecule has 1 heterocycles. The smallest absolute Gasteiger partial charge is 0.264 e. The molecule has 0 atom stereocenters. The van der Waals surface area contributed by atoms with E-state index in [9.17, 15) is 18.0 Å². The number of aryl methyl sites for hydroxylation is 3. The van der Waals surface area contributed by atoms with Crippen LogP contribution in [-0.4, -0.2) is 70.8 Å². The van der Waals surface area contributed by atoms with Crippen molar-refractivity contribution < 1.29 is 27.5 Å². The third-order valence-electron chi connectivity index (χ3n) is 6.68. The molecule has 10 nitrogen and oxygen atoms in total. The van der Waals surface area contributed by atoms with Gasteiger partial charge in [0.25, 0.3) is 21.8 Å². The number of carbonyl (C=O) groups is 2. The molecular weight excluding hydrogens is 544 g/mol. The molecule has 1 N–H and O–H groups in total. The van der Waals surface area contributed by atoms with Gasteiger partial charge in [0.2, 0.25) is 0 Å². The van der Waals surface area contributed by atoms with Gasteiger partial charge in [0.1, 0.15) is 12.3 Å². The lowest BCUT2D eigenvalue weighted by Gasteiger charge is -2.26. The quantitative estimate of drug-likeness (QED) is 0.292. The van der Waals surface area contributed by atoms with Gasteiger partial charge in [-0.3, -0.25) is 13.9 Å². The van der Waals surface area contributed by atoms with Gasteiger partial charge in [-0.05, 0) is 86.0 Å². The number of anilines is 1. The SMILES string of the molecule is Cc1ccc(S(=O)(=O)N(CC(=O)N/N=C\c2ccc(OCC(=O)N3CCOCC3)cc2)c2ccc(C)c(C)c2)cc1. The van der Waals surface area contributed by atoms with Gasteiger partial charge >= 0.3 is 0 Å². The normalized spacial score (nSPS) is 13.7. The molecule has 0 bridgehead atoms. The van der Waals surface area contributed by atoms with E-state index in [0.717, 1.165) is 21.0 Å². The highest BCUT2D eigenvalue weighted by Crippen LogP contribution is 2.26. The monoisotopic (exact) mass is 578 g/mol. The number of benzene rings is 3. The van der Waals surface area contributed by atoms with Crippen LogP contribution >= 0.6 is 0 Å². The molecule has 216 valence electrons. The van der Waals surface area contributed by atoms with E-state index in [4.69, 9.17) is 9.47 Å². The van der Waals surface area contributed by atoms with Crippen molar-refractivity contribution in [2.45, 2.75) is 25.7 Å².